The highest BCUT2D eigenvalue weighted by molar-refractivity contribution is 7.99. The number of aromatic amines is 1. The van der Waals surface area contributed by atoms with Gasteiger partial charge in [-0.3, -0.25) is 14.9 Å². The molecule has 0 aromatic carbocycles. The van der Waals surface area contributed by atoms with Gasteiger partial charge in [0.05, 0.1) is 16.8 Å². The van der Waals surface area contributed by atoms with Crippen LogP contribution in [0.15, 0.2) is 31.9 Å². The van der Waals surface area contributed by atoms with Crippen molar-refractivity contribution in [3.05, 3.63) is 50.0 Å². The van der Waals surface area contributed by atoms with E-state index in [2.05, 4.69) is 41.7 Å². The number of nitrogens with zero attached hydrogens (tertiary/aromatic N) is 4. The second kappa shape index (κ2) is 7.97. The molecule has 0 aliphatic heterocycles. The number of thioether (sulfide) groups is 1. The van der Waals surface area contributed by atoms with E-state index in [9.17, 15) is 9.59 Å². The van der Waals surface area contributed by atoms with E-state index in [1.807, 2.05) is 6.07 Å². The number of rotatable bonds is 7. The summed E-state index contributed by atoms with van der Waals surface area (Å²) in [6.45, 7) is 3.52. The number of fused-ring (bicyclic) bond motifs is 1. The van der Waals surface area contributed by atoms with Crippen LogP contribution in [0.3, 0.4) is 0 Å². The van der Waals surface area contributed by atoms with Gasteiger partial charge in [0, 0.05) is 17.3 Å². The fraction of sp³-hybridized carbons (Fsp3) is 0.350. The summed E-state index contributed by atoms with van der Waals surface area (Å²) in [7, 11) is 0. The van der Waals surface area contributed by atoms with Gasteiger partial charge >= 0.3 is 0 Å². The van der Waals surface area contributed by atoms with Crippen molar-refractivity contribution in [3.8, 4) is 0 Å². The van der Waals surface area contributed by atoms with Gasteiger partial charge in [-0.05, 0) is 38.1 Å². The summed E-state index contributed by atoms with van der Waals surface area (Å²) in [5, 5.41) is 21.5. The van der Waals surface area contributed by atoms with Crippen molar-refractivity contribution in [2.45, 2.75) is 44.3 Å². The molecule has 1 amide bonds. The van der Waals surface area contributed by atoms with Crippen LogP contribution in [-0.2, 0) is 11.2 Å². The molecule has 0 unspecified atom stereocenters. The van der Waals surface area contributed by atoms with Gasteiger partial charge in [-0.1, -0.05) is 17.8 Å². The van der Waals surface area contributed by atoms with Crippen LogP contribution >= 0.6 is 23.1 Å². The van der Waals surface area contributed by atoms with Gasteiger partial charge in [-0.2, -0.15) is 5.10 Å². The standard InChI is InChI=1S/C20H20N6O3S2/c1-10-16-11(2)29-19(17(16)18(28)24-22-10)21-15(27)9-31-20-25-23-14(26(20)12-5-6-12)8-13-4-3-7-30-13/h3-4,7,12H,5-6,8-9H2,1-2H3,(H,21,27)(H,24,28). The number of carbonyl (C=O) groups is 1. The van der Waals surface area contributed by atoms with Crippen molar-refractivity contribution in [2.24, 2.45) is 0 Å². The highest BCUT2D eigenvalue weighted by Crippen LogP contribution is 2.39. The molecule has 5 rings (SSSR count). The molecule has 1 saturated carbocycles. The average molecular weight is 457 g/mol. The van der Waals surface area contributed by atoms with Gasteiger partial charge < -0.3 is 8.98 Å². The van der Waals surface area contributed by atoms with Gasteiger partial charge in [0.2, 0.25) is 11.8 Å². The van der Waals surface area contributed by atoms with Crippen LogP contribution in [0.2, 0.25) is 0 Å². The van der Waals surface area contributed by atoms with E-state index in [1.54, 1.807) is 25.2 Å². The van der Waals surface area contributed by atoms with Crippen LogP contribution < -0.4 is 10.9 Å². The van der Waals surface area contributed by atoms with Gasteiger partial charge in [-0.25, -0.2) is 5.10 Å². The minimum absolute atomic E-state index is 0.132. The maximum absolute atomic E-state index is 12.6. The molecule has 31 heavy (non-hydrogen) atoms. The summed E-state index contributed by atoms with van der Waals surface area (Å²) in [6, 6.07) is 4.52. The Balaban J connectivity index is 1.32. The van der Waals surface area contributed by atoms with Crippen LogP contribution in [0.1, 0.15) is 41.0 Å². The number of thiophene rings is 1. The third kappa shape index (κ3) is 3.90. The molecule has 160 valence electrons. The van der Waals surface area contributed by atoms with Crippen LogP contribution in [-0.4, -0.2) is 36.6 Å². The number of H-pyrrole nitrogens is 1. The van der Waals surface area contributed by atoms with E-state index < -0.39 is 5.56 Å². The van der Waals surface area contributed by atoms with Crippen LogP contribution in [0.25, 0.3) is 10.8 Å². The molecular weight excluding hydrogens is 436 g/mol. The molecule has 0 radical (unpaired) electrons. The Morgan fingerprint density at radius 1 is 1.35 bits per heavy atom. The molecule has 1 aliphatic carbocycles. The summed E-state index contributed by atoms with van der Waals surface area (Å²) < 4.78 is 7.81. The van der Waals surface area contributed by atoms with Crippen molar-refractivity contribution in [3.63, 3.8) is 0 Å². The van der Waals surface area contributed by atoms with Crippen molar-refractivity contribution in [1.82, 2.24) is 25.0 Å². The number of nitrogens with one attached hydrogen (secondary N) is 2. The minimum Gasteiger partial charge on any atom is -0.444 e. The van der Waals surface area contributed by atoms with Gasteiger partial charge in [-0.15, -0.1) is 21.5 Å². The number of hydrogen-bond donors (Lipinski definition) is 2. The zero-order chi connectivity index (χ0) is 21.5. The number of hydrogen-bond acceptors (Lipinski definition) is 8. The fourth-order valence-corrected chi connectivity index (χ4v) is 5.15. The largest absolute Gasteiger partial charge is 0.444 e. The number of carbonyl (C=O) groups excluding carboxylic acids is 1. The first-order valence-electron chi connectivity index (χ1n) is 9.88. The molecule has 0 atom stereocenters. The number of aryl methyl sites for hydroxylation is 2. The summed E-state index contributed by atoms with van der Waals surface area (Å²) in [6.07, 6.45) is 2.94. The van der Waals surface area contributed by atoms with Gasteiger partial charge in [0.15, 0.2) is 5.16 Å². The number of furan rings is 1. The molecule has 4 heterocycles. The first-order chi connectivity index (χ1) is 15.0. The van der Waals surface area contributed by atoms with E-state index in [-0.39, 0.29) is 17.5 Å². The van der Waals surface area contributed by atoms with E-state index in [1.165, 1.54) is 16.6 Å². The lowest BCUT2D eigenvalue weighted by Crippen LogP contribution is -2.17. The summed E-state index contributed by atoms with van der Waals surface area (Å²) in [5.74, 6) is 1.47. The summed E-state index contributed by atoms with van der Waals surface area (Å²) >= 11 is 3.03. The predicted octanol–water partition coefficient (Wildman–Crippen LogP) is 3.44. The highest BCUT2D eigenvalue weighted by Gasteiger charge is 2.30. The van der Waals surface area contributed by atoms with Crippen LogP contribution in [0, 0.1) is 13.8 Å². The average Bonchev–Trinajstić information content (AvgIpc) is 3.14. The first-order valence-corrected chi connectivity index (χ1v) is 11.7. The molecule has 11 heteroatoms. The third-order valence-electron chi connectivity index (χ3n) is 5.14. The van der Waals surface area contributed by atoms with Gasteiger partial charge in [0.1, 0.15) is 17.0 Å². The minimum atomic E-state index is -0.396. The molecule has 1 aliphatic rings. The maximum Gasteiger partial charge on any atom is 0.277 e. The SMILES string of the molecule is Cc1n[nH]c(=O)c2c(NC(=O)CSc3nnc(Cc4cccs4)n3C3CC3)oc(C)c12. The fourth-order valence-electron chi connectivity index (χ4n) is 3.62. The Kier molecular flexibility index (Phi) is 5.14. The van der Waals surface area contributed by atoms with Crippen molar-refractivity contribution >= 4 is 45.7 Å². The molecule has 0 bridgehead atoms. The molecule has 4 aromatic heterocycles. The topological polar surface area (TPSA) is 119 Å². The molecule has 2 N–H and O–H groups in total. The lowest BCUT2D eigenvalue weighted by molar-refractivity contribution is -0.113. The van der Waals surface area contributed by atoms with Crippen LogP contribution in [0.4, 0.5) is 5.88 Å². The smallest absolute Gasteiger partial charge is 0.277 e. The second-order valence-electron chi connectivity index (χ2n) is 7.47. The van der Waals surface area contributed by atoms with Crippen LogP contribution in [0.5, 0.6) is 0 Å². The molecule has 0 saturated heterocycles. The molecular formula is C20H20N6O3S2. The Morgan fingerprint density at radius 2 is 2.19 bits per heavy atom. The molecule has 1 fully saturated rings. The maximum atomic E-state index is 12.6. The summed E-state index contributed by atoms with van der Waals surface area (Å²) in [5.41, 5.74) is 0.244. The van der Waals surface area contributed by atoms with E-state index >= 15 is 0 Å². The van der Waals surface area contributed by atoms with E-state index in [0.29, 0.717) is 28.3 Å². The van der Waals surface area contributed by atoms with Gasteiger partial charge in [0.25, 0.3) is 5.56 Å². The zero-order valence-electron chi connectivity index (χ0n) is 17.0. The summed E-state index contributed by atoms with van der Waals surface area (Å²) in [4.78, 5) is 26.1. The van der Waals surface area contributed by atoms with Crippen molar-refractivity contribution < 1.29 is 9.21 Å². The lowest BCUT2D eigenvalue weighted by Gasteiger charge is -2.08. The van der Waals surface area contributed by atoms with Crippen molar-refractivity contribution in [2.75, 3.05) is 11.1 Å². The number of anilines is 1. The molecule has 0 spiro atoms. The number of aromatic nitrogens is 5. The quantitative estimate of drug-likeness (QED) is 0.409. The van der Waals surface area contributed by atoms with E-state index in [0.717, 1.165) is 30.2 Å². The highest BCUT2D eigenvalue weighted by atomic mass is 32.2. The zero-order valence-corrected chi connectivity index (χ0v) is 18.6. The third-order valence-corrected chi connectivity index (χ3v) is 6.96. The Morgan fingerprint density at radius 3 is 2.94 bits per heavy atom. The lowest BCUT2D eigenvalue weighted by atomic mass is 10.2. The molecule has 4 aromatic rings. The number of amides is 1. The van der Waals surface area contributed by atoms with Crippen molar-refractivity contribution in [1.29, 1.82) is 0 Å². The Hall–Kier alpha value is -2.92. The Labute approximate surface area is 185 Å². The Bertz CT molecular complexity index is 1320. The normalized spacial score (nSPS) is 13.7. The molecule has 9 nitrogen and oxygen atoms in total. The second-order valence-corrected chi connectivity index (χ2v) is 9.44. The predicted molar refractivity (Wildman–Crippen MR) is 119 cm³/mol. The first kappa shape index (κ1) is 20.0. The van der Waals surface area contributed by atoms with E-state index in [4.69, 9.17) is 4.42 Å². The monoisotopic (exact) mass is 456 g/mol.